The number of aldehydes is 1. The number of carbonyl (C=O) groups excluding carboxylic acids is 1. The van der Waals surface area contributed by atoms with Crippen LogP contribution in [-0.4, -0.2) is 39.7 Å². The van der Waals surface area contributed by atoms with Crippen LogP contribution in [0.1, 0.15) is 86.5 Å². The first-order chi connectivity index (χ1) is 14.8. The van der Waals surface area contributed by atoms with Crippen LogP contribution in [-0.2, 0) is 18.7 Å². The van der Waals surface area contributed by atoms with Crippen molar-refractivity contribution in [3.05, 3.63) is 0 Å². The standard InChI is InChI=1S/C27H48O4Si/c1-19-22(10-13-26(6)23(19)11-14-27(26)29-15-16-30-27)25(5)12-9-21(17-20(25)18-28)31-32(7,8)24(2,3)4/h18-23H,9-17H2,1-8H3/t19-,20-,21?,22?,23?,25+,26+/m1/s1. The summed E-state index contributed by atoms with van der Waals surface area (Å²) in [6, 6.07) is 0. The van der Waals surface area contributed by atoms with E-state index in [9.17, 15) is 4.79 Å². The van der Waals surface area contributed by atoms with Crippen LogP contribution in [0.5, 0.6) is 0 Å². The molecule has 4 fully saturated rings. The van der Waals surface area contributed by atoms with E-state index in [1.165, 1.54) is 19.1 Å². The Kier molecular flexibility index (Phi) is 6.35. The Hall–Kier alpha value is -0.233. The van der Waals surface area contributed by atoms with Gasteiger partial charge in [0.1, 0.15) is 6.29 Å². The van der Waals surface area contributed by atoms with Gasteiger partial charge in [-0.25, -0.2) is 0 Å². The minimum absolute atomic E-state index is 0.0724. The first-order valence-corrected chi connectivity index (χ1v) is 16.1. The zero-order valence-corrected chi connectivity index (χ0v) is 23.0. The Labute approximate surface area is 197 Å². The Morgan fingerprint density at radius 1 is 0.969 bits per heavy atom. The zero-order valence-electron chi connectivity index (χ0n) is 22.0. The van der Waals surface area contributed by atoms with E-state index < -0.39 is 8.32 Å². The van der Waals surface area contributed by atoms with Crippen LogP contribution < -0.4 is 0 Å². The van der Waals surface area contributed by atoms with Gasteiger partial charge in [0.05, 0.1) is 13.2 Å². The SMILES string of the molecule is C[C@H]1C2CCC3(OCCO3)[C@@]2(C)CCC1[C@@]1(C)CCC(O[Si](C)(C)C(C)(C)C)C[C@@H]1C=O. The Bertz CT molecular complexity index is 709. The maximum atomic E-state index is 12.4. The molecule has 0 aromatic rings. The smallest absolute Gasteiger partial charge is 0.192 e. The fourth-order valence-electron chi connectivity index (χ4n) is 8.01. The van der Waals surface area contributed by atoms with Gasteiger partial charge < -0.3 is 18.7 Å². The van der Waals surface area contributed by atoms with Crippen molar-refractivity contribution in [3.8, 4) is 0 Å². The third-order valence-corrected chi connectivity index (χ3v) is 15.7. The molecule has 1 spiro atoms. The highest BCUT2D eigenvalue weighted by molar-refractivity contribution is 6.74. The molecule has 184 valence electrons. The number of ether oxygens (including phenoxy) is 2. The van der Waals surface area contributed by atoms with Crippen molar-refractivity contribution < 1.29 is 18.7 Å². The van der Waals surface area contributed by atoms with E-state index in [-0.39, 0.29) is 33.7 Å². The van der Waals surface area contributed by atoms with Gasteiger partial charge in [-0.1, -0.05) is 41.5 Å². The van der Waals surface area contributed by atoms with Gasteiger partial charge in [-0.05, 0) is 79.8 Å². The summed E-state index contributed by atoms with van der Waals surface area (Å²) in [5, 5.41) is 0.204. The molecule has 0 bridgehead atoms. The van der Waals surface area contributed by atoms with E-state index >= 15 is 0 Å². The van der Waals surface area contributed by atoms with Gasteiger partial charge in [-0.3, -0.25) is 0 Å². The largest absolute Gasteiger partial charge is 0.414 e. The second-order valence-electron chi connectivity index (χ2n) is 13.5. The highest BCUT2D eigenvalue weighted by Gasteiger charge is 2.65. The van der Waals surface area contributed by atoms with Crippen LogP contribution in [0.2, 0.25) is 18.1 Å². The molecular weight excluding hydrogens is 416 g/mol. The third-order valence-electron chi connectivity index (χ3n) is 11.1. The number of fused-ring (bicyclic) bond motifs is 2. The topological polar surface area (TPSA) is 44.8 Å². The molecule has 5 heteroatoms. The zero-order chi connectivity index (χ0) is 23.6. The van der Waals surface area contributed by atoms with Crippen molar-refractivity contribution in [2.45, 2.75) is 117 Å². The van der Waals surface area contributed by atoms with Crippen LogP contribution in [0, 0.1) is 34.5 Å². The molecule has 3 aliphatic carbocycles. The van der Waals surface area contributed by atoms with Gasteiger partial charge in [-0.2, -0.15) is 0 Å². The van der Waals surface area contributed by atoms with Crippen LogP contribution in [0.3, 0.4) is 0 Å². The van der Waals surface area contributed by atoms with E-state index in [0.29, 0.717) is 17.8 Å². The van der Waals surface area contributed by atoms with E-state index in [2.05, 4.69) is 54.6 Å². The summed E-state index contributed by atoms with van der Waals surface area (Å²) in [6.45, 7) is 20.4. The van der Waals surface area contributed by atoms with Crippen molar-refractivity contribution in [3.63, 3.8) is 0 Å². The second-order valence-corrected chi connectivity index (χ2v) is 18.3. The van der Waals surface area contributed by atoms with Crippen molar-refractivity contribution in [2.24, 2.45) is 34.5 Å². The molecule has 4 rings (SSSR count). The summed E-state index contributed by atoms with van der Waals surface area (Å²) in [5.41, 5.74) is 0.179. The third kappa shape index (κ3) is 3.68. The maximum absolute atomic E-state index is 12.4. The Morgan fingerprint density at radius 2 is 1.59 bits per heavy atom. The lowest BCUT2D eigenvalue weighted by molar-refractivity contribution is -0.242. The van der Waals surface area contributed by atoms with Crippen LogP contribution in [0.25, 0.3) is 0 Å². The summed E-state index contributed by atoms with van der Waals surface area (Å²) in [6.07, 6.45) is 9.15. The molecule has 0 aromatic heterocycles. The lowest BCUT2D eigenvalue weighted by Gasteiger charge is -2.57. The van der Waals surface area contributed by atoms with E-state index in [1.807, 2.05) is 0 Å². The van der Waals surface area contributed by atoms with Crippen LogP contribution in [0.4, 0.5) is 0 Å². The summed E-state index contributed by atoms with van der Waals surface area (Å²) >= 11 is 0. The molecule has 4 aliphatic rings. The molecule has 1 saturated heterocycles. The van der Waals surface area contributed by atoms with Crippen molar-refractivity contribution in [1.29, 1.82) is 0 Å². The fourth-order valence-corrected chi connectivity index (χ4v) is 9.41. The molecule has 3 unspecified atom stereocenters. The number of hydrogen-bond donors (Lipinski definition) is 0. The highest BCUT2D eigenvalue weighted by Crippen LogP contribution is 2.66. The normalized spacial score (nSPS) is 44.6. The maximum Gasteiger partial charge on any atom is 0.192 e. The van der Waals surface area contributed by atoms with E-state index in [4.69, 9.17) is 13.9 Å². The van der Waals surface area contributed by atoms with Gasteiger partial charge in [0.25, 0.3) is 0 Å². The lowest BCUT2D eigenvalue weighted by atomic mass is 9.49. The second kappa shape index (κ2) is 8.17. The first kappa shape index (κ1) is 24.9. The van der Waals surface area contributed by atoms with Gasteiger partial charge in [0, 0.05) is 23.9 Å². The van der Waals surface area contributed by atoms with Gasteiger partial charge in [0.15, 0.2) is 14.1 Å². The molecule has 7 atom stereocenters. The molecule has 32 heavy (non-hydrogen) atoms. The highest BCUT2D eigenvalue weighted by atomic mass is 28.4. The summed E-state index contributed by atoms with van der Waals surface area (Å²) in [4.78, 5) is 12.4. The van der Waals surface area contributed by atoms with Crippen molar-refractivity contribution >= 4 is 14.6 Å². The molecule has 0 amide bonds. The minimum Gasteiger partial charge on any atom is -0.414 e. The fraction of sp³-hybridized carbons (Fsp3) is 0.963. The van der Waals surface area contributed by atoms with Gasteiger partial charge in [-0.15, -0.1) is 0 Å². The quantitative estimate of drug-likeness (QED) is 0.348. The summed E-state index contributed by atoms with van der Waals surface area (Å²) < 4.78 is 19.3. The number of rotatable bonds is 4. The molecule has 0 N–H and O–H groups in total. The average molecular weight is 465 g/mol. The van der Waals surface area contributed by atoms with Crippen molar-refractivity contribution in [2.75, 3.05) is 13.2 Å². The van der Waals surface area contributed by atoms with E-state index in [0.717, 1.165) is 45.3 Å². The molecule has 1 aliphatic heterocycles. The molecule has 0 aromatic carbocycles. The summed E-state index contributed by atoms with van der Waals surface area (Å²) in [7, 11) is -1.82. The predicted octanol–water partition coefficient (Wildman–Crippen LogP) is 6.59. The van der Waals surface area contributed by atoms with Crippen LogP contribution >= 0.6 is 0 Å². The van der Waals surface area contributed by atoms with E-state index in [1.54, 1.807) is 0 Å². The van der Waals surface area contributed by atoms with Crippen molar-refractivity contribution in [1.82, 2.24) is 0 Å². The molecular formula is C27H48O4Si. The summed E-state index contributed by atoms with van der Waals surface area (Å²) in [5.74, 6) is 1.53. The average Bonchev–Trinajstić information content (AvgIpc) is 3.29. The lowest BCUT2D eigenvalue weighted by Crippen LogP contribution is -2.55. The number of hydrogen-bond acceptors (Lipinski definition) is 4. The minimum atomic E-state index is -1.82. The Balaban J connectivity index is 1.50. The predicted molar refractivity (Wildman–Crippen MR) is 131 cm³/mol. The molecule has 3 saturated carbocycles. The molecule has 1 heterocycles. The Morgan fingerprint density at radius 3 is 2.19 bits per heavy atom. The monoisotopic (exact) mass is 464 g/mol. The van der Waals surface area contributed by atoms with Crippen LogP contribution in [0.15, 0.2) is 0 Å². The number of carbonyl (C=O) groups is 1. The first-order valence-electron chi connectivity index (χ1n) is 13.2. The molecule has 4 nitrogen and oxygen atoms in total. The van der Waals surface area contributed by atoms with Gasteiger partial charge in [0.2, 0.25) is 0 Å². The van der Waals surface area contributed by atoms with Gasteiger partial charge >= 0.3 is 0 Å². The molecule has 0 radical (unpaired) electrons.